The largest absolute Gasteiger partial charge is 0.243 e. The predicted octanol–water partition coefficient (Wildman–Crippen LogP) is 4.05. The molecule has 0 atom stereocenters. The van der Waals surface area contributed by atoms with Crippen LogP contribution in [0.25, 0.3) is 10.6 Å². The number of aromatic nitrogens is 2. The Balaban J connectivity index is 1.47. The molecule has 1 saturated heterocycles. The van der Waals surface area contributed by atoms with Gasteiger partial charge < -0.3 is 0 Å². The van der Waals surface area contributed by atoms with E-state index in [0.717, 1.165) is 11.1 Å². The van der Waals surface area contributed by atoms with Gasteiger partial charge in [-0.25, -0.2) is 17.2 Å². The predicted molar refractivity (Wildman–Crippen MR) is 102 cm³/mol. The van der Waals surface area contributed by atoms with E-state index in [1.807, 2.05) is 0 Å². The lowest BCUT2D eigenvalue weighted by atomic mass is 9.99. The van der Waals surface area contributed by atoms with Crippen molar-refractivity contribution in [2.75, 3.05) is 13.1 Å². The van der Waals surface area contributed by atoms with Crippen LogP contribution in [0.2, 0.25) is 0 Å². The van der Waals surface area contributed by atoms with Gasteiger partial charge in [-0.2, -0.15) is 4.31 Å². The van der Waals surface area contributed by atoms with Crippen LogP contribution in [0.1, 0.15) is 23.8 Å². The lowest BCUT2D eigenvalue weighted by molar-refractivity contribution is 0.318. The average molecular weight is 421 g/mol. The zero-order valence-electron chi connectivity index (χ0n) is 14.8. The van der Waals surface area contributed by atoms with Crippen molar-refractivity contribution in [2.24, 2.45) is 0 Å². The third-order valence-corrected chi connectivity index (χ3v) is 7.82. The summed E-state index contributed by atoms with van der Waals surface area (Å²) in [5.74, 6) is -1.25. The molecule has 9 heteroatoms. The van der Waals surface area contributed by atoms with Crippen molar-refractivity contribution >= 4 is 21.4 Å². The van der Waals surface area contributed by atoms with Crippen molar-refractivity contribution in [3.05, 3.63) is 65.2 Å². The van der Waals surface area contributed by atoms with E-state index in [-0.39, 0.29) is 11.5 Å². The van der Waals surface area contributed by atoms with Crippen LogP contribution in [0.4, 0.5) is 8.78 Å². The van der Waals surface area contributed by atoms with Gasteiger partial charge in [-0.15, -0.1) is 10.2 Å². The maximum absolute atomic E-state index is 14.0. The van der Waals surface area contributed by atoms with Gasteiger partial charge in [0, 0.05) is 30.6 Å². The van der Waals surface area contributed by atoms with Crippen LogP contribution in [-0.2, 0) is 10.0 Å². The van der Waals surface area contributed by atoms with E-state index >= 15 is 0 Å². The van der Waals surface area contributed by atoms with Crippen LogP contribution < -0.4 is 0 Å². The highest BCUT2D eigenvalue weighted by Gasteiger charge is 2.31. The first kappa shape index (κ1) is 19.1. The molecule has 0 spiro atoms. The Morgan fingerprint density at radius 3 is 2.39 bits per heavy atom. The fraction of sp³-hybridized carbons (Fsp3) is 0.263. The molecule has 0 bridgehead atoms. The number of halogens is 2. The molecular weight excluding hydrogens is 404 g/mol. The Kier molecular flexibility index (Phi) is 5.22. The molecule has 0 N–H and O–H groups in total. The van der Waals surface area contributed by atoms with Crippen molar-refractivity contribution in [1.82, 2.24) is 14.5 Å². The van der Waals surface area contributed by atoms with Gasteiger partial charge in [0.2, 0.25) is 10.0 Å². The normalized spacial score (nSPS) is 16.4. The van der Waals surface area contributed by atoms with Crippen LogP contribution in [0.3, 0.4) is 0 Å². The summed E-state index contributed by atoms with van der Waals surface area (Å²) in [5.41, 5.74) is 0.217. The highest BCUT2D eigenvalue weighted by molar-refractivity contribution is 7.89. The molecule has 4 rings (SSSR count). The zero-order valence-corrected chi connectivity index (χ0v) is 16.4. The Morgan fingerprint density at radius 2 is 1.71 bits per heavy atom. The molecule has 1 aliphatic rings. The Labute approximate surface area is 165 Å². The minimum absolute atomic E-state index is 0.0667. The summed E-state index contributed by atoms with van der Waals surface area (Å²) in [6.07, 6.45) is 1.24. The van der Waals surface area contributed by atoms with Crippen molar-refractivity contribution in [3.8, 4) is 10.6 Å². The van der Waals surface area contributed by atoms with E-state index in [1.165, 1.54) is 27.8 Å². The van der Waals surface area contributed by atoms with Gasteiger partial charge >= 0.3 is 0 Å². The molecule has 2 heterocycles. The van der Waals surface area contributed by atoms with Gasteiger partial charge in [0.15, 0.2) is 5.01 Å². The number of hydrogen-bond acceptors (Lipinski definition) is 5. The minimum Gasteiger partial charge on any atom is -0.207 e. The Hall–Kier alpha value is -2.23. The molecule has 5 nitrogen and oxygen atoms in total. The van der Waals surface area contributed by atoms with Crippen LogP contribution in [0.15, 0.2) is 53.4 Å². The number of rotatable bonds is 4. The summed E-state index contributed by atoms with van der Waals surface area (Å²) >= 11 is 1.26. The van der Waals surface area contributed by atoms with Crippen LogP contribution in [0.5, 0.6) is 0 Å². The third kappa shape index (κ3) is 3.69. The van der Waals surface area contributed by atoms with Crippen molar-refractivity contribution in [3.63, 3.8) is 0 Å². The summed E-state index contributed by atoms with van der Waals surface area (Å²) in [6.45, 7) is 0.781. The molecule has 0 unspecified atom stereocenters. The van der Waals surface area contributed by atoms with E-state index in [1.54, 1.807) is 30.3 Å². The van der Waals surface area contributed by atoms with E-state index < -0.39 is 21.7 Å². The molecule has 0 radical (unpaired) electrons. The topological polar surface area (TPSA) is 63.2 Å². The van der Waals surface area contributed by atoms with E-state index in [0.29, 0.717) is 35.8 Å². The third-order valence-electron chi connectivity index (χ3n) is 4.79. The number of sulfonamides is 1. The van der Waals surface area contributed by atoms with Crippen LogP contribution in [-0.4, -0.2) is 36.0 Å². The molecule has 3 aromatic rings. The zero-order chi connectivity index (χ0) is 19.7. The number of hydrogen-bond donors (Lipinski definition) is 0. The van der Waals surface area contributed by atoms with Crippen LogP contribution in [0, 0.1) is 11.6 Å². The van der Waals surface area contributed by atoms with Gasteiger partial charge in [0.25, 0.3) is 0 Å². The van der Waals surface area contributed by atoms with Gasteiger partial charge in [-0.1, -0.05) is 29.5 Å². The number of piperidine rings is 1. The molecule has 0 saturated carbocycles. The Morgan fingerprint density at radius 1 is 1.00 bits per heavy atom. The maximum Gasteiger partial charge on any atom is 0.243 e. The molecule has 28 heavy (non-hydrogen) atoms. The van der Waals surface area contributed by atoms with E-state index in [9.17, 15) is 17.2 Å². The second-order valence-corrected chi connectivity index (χ2v) is 9.51. The first-order valence-corrected chi connectivity index (χ1v) is 11.0. The summed E-state index contributed by atoms with van der Waals surface area (Å²) in [5, 5.41) is 9.35. The monoisotopic (exact) mass is 421 g/mol. The molecular formula is C19H17F2N3O2S2. The van der Waals surface area contributed by atoms with Gasteiger partial charge in [0.05, 0.1) is 4.90 Å². The Bertz CT molecular complexity index is 1080. The lowest BCUT2D eigenvalue weighted by Gasteiger charge is -2.30. The number of nitrogens with zero attached hydrogens (tertiary/aromatic N) is 3. The summed E-state index contributed by atoms with van der Waals surface area (Å²) in [4.78, 5) is 0.290. The lowest BCUT2D eigenvalue weighted by Crippen LogP contribution is -2.37. The molecule has 0 aliphatic carbocycles. The standard InChI is InChI=1S/C19H17F2N3O2S2/c20-14-6-7-16(17(21)12-14)19-23-22-18(27-19)13-8-10-24(11-9-13)28(25,26)15-4-2-1-3-5-15/h1-7,12-13H,8-11H2. The summed E-state index contributed by atoms with van der Waals surface area (Å²) in [7, 11) is -3.50. The molecule has 2 aromatic carbocycles. The fourth-order valence-electron chi connectivity index (χ4n) is 3.26. The van der Waals surface area contributed by atoms with Gasteiger partial charge in [0.1, 0.15) is 16.6 Å². The second kappa shape index (κ2) is 7.65. The molecule has 0 amide bonds. The first-order valence-electron chi connectivity index (χ1n) is 8.79. The smallest absolute Gasteiger partial charge is 0.207 e. The molecule has 1 aromatic heterocycles. The molecule has 1 aliphatic heterocycles. The highest BCUT2D eigenvalue weighted by atomic mass is 32.2. The van der Waals surface area contributed by atoms with Crippen molar-refractivity contribution < 1.29 is 17.2 Å². The molecule has 146 valence electrons. The van der Waals surface area contributed by atoms with Crippen molar-refractivity contribution in [1.29, 1.82) is 0 Å². The summed E-state index contributed by atoms with van der Waals surface area (Å²) in [6, 6.07) is 11.7. The SMILES string of the molecule is O=S(=O)(c1ccccc1)N1CCC(c2nnc(-c3ccc(F)cc3F)s2)CC1. The van der Waals surface area contributed by atoms with Gasteiger partial charge in [-0.3, -0.25) is 0 Å². The fourth-order valence-corrected chi connectivity index (χ4v) is 5.79. The van der Waals surface area contributed by atoms with Crippen molar-refractivity contribution in [2.45, 2.75) is 23.7 Å². The highest BCUT2D eigenvalue weighted by Crippen LogP contribution is 2.35. The minimum atomic E-state index is -3.50. The maximum atomic E-state index is 14.0. The first-order chi connectivity index (χ1) is 13.4. The van der Waals surface area contributed by atoms with Gasteiger partial charge in [-0.05, 0) is 37.1 Å². The second-order valence-electron chi connectivity index (χ2n) is 6.56. The van der Waals surface area contributed by atoms with Crippen LogP contribution >= 0.6 is 11.3 Å². The van der Waals surface area contributed by atoms with E-state index in [2.05, 4.69) is 10.2 Å². The average Bonchev–Trinajstić information content (AvgIpc) is 3.18. The van der Waals surface area contributed by atoms with E-state index in [4.69, 9.17) is 0 Å². The molecule has 1 fully saturated rings. The number of benzene rings is 2. The quantitative estimate of drug-likeness (QED) is 0.638. The summed E-state index contributed by atoms with van der Waals surface area (Å²) < 4.78 is 54.0.